The minimum atomic E-state index is -0.166. The first kappa shape index (κ1) is 19.1. The van der Waals surface area contributed by atoms with E-state index in [9.17, 15) is 4.79 Å². The second-order valence-corrected chi connectivity index (χ2v) is 7.57. The number of rotatable bonds is 7. The predicted octanol–water partition coefficient (Wildman–Crippen LogP) is 4.05. The molecule has 0 saturated heterocycles. The van der Waals surface area contributed by atoms with Crippen molar-refractivity contribution in [1.82, 2.24) is 14.6 Å². The van der Waals surface area contributed by atoms with Gasteiger partial charge in [0, 0.05) is 5.56 Å². The largest absolute Gasteiger partial charge is 0.493 e. The molecule has 5 nitrogen and oxygen atoms in total. The van der Waals surface area contributed by atoms with Crippen molar-refractivity contribution in [2.75, 3.05) is 6.61 Å². The van der Waals surface area contributed by atoms with Crippen molar-refractivity contribution in [1.29, 1.82) is 0 Å². The van der Waals surface area contributed by atoms with Crippen LogP contribution in [0.3, 0.4) is 0 Å². The van der Waals surface area contributed by atoms with E-state index in [0.29, 0.717) is 21.9 Å². The van der Waals surface area contributed by atoms with Gasteiger partial charge in [0.25, 0.3) is 5.56 Å². The molecule has 2 aromatic carbocycles. The van der Waals surface area contributed by atoms with Crippen molar-refractivity contribution in [2.45, 2.75) is 19.8 Å². The highest BCUT2D eigenvalue weighted by atomic mass is 32.1. The molecule has 0 atom stereocenters. The van der Waals surface area contributed by atoms with E-state index in [1.54, 1.807) is 0 Å². The van der Waals surface area contributed by atoms with Crippen LogP contribution in [0, 0.1) is 0 Å². The number of ether oxygens (including phenoxy) is 1. The van der Waals surface area contributed by atoms with Crippen LogP contribution in [-0.4, -0.2) is 21.2 Å². The summed E-state index contributed by atoms with van der Waals surface area (Å²) in [5.41, 5.74) is 1.77. The molecule has 6 heteroatoms. The first-order valence-corrected chi connectivity index (χ1v) is 10.4. The number of para-hydroxylation sites is 1. The summed E-state index contributed by atoms with van der Waals surface area (Å²) in [5.74, 6) is 1.30. The summed E-state index contributed by atoms with van der Waals surface area (Å²) in [4.78, 5) is 17.8. The highest BCUT2D eigenvalue weighted by Crippen LogP contribution is 2.19. The summed E-state index contributed by atoms with van der Waals surface area (Å²) in [6, 6.07) is 17.7. The summed E-state index contributed by atoms with van der Waals surface area (Å²) in [6.07, 6.45) is 7.67. The number of fused-ring (bicyclic) bond motifs is 1. The summed E-state index contributed by atoms with van der Waals surface area (Å²) in [7, 11) is 0. The molecule has 0 aliphatic carbocycles. The molecule has 146 valence electrons. The second kappa shape index (κ2) is 8.84. The van der Waals surface area contributed by atoms with Gasteiger partial charge in [-0.15, -0.1) is 5.10 Å². The number of thiazole rings is 1. The lowest BCUT2D eigenvalue weighted by Gasteiger charge is -2.07. The maximum absolute atomic E-state index is 12.8. The van der Waals surface area contributed by atoms with Crippen LogP contribution in [0.5, 0.6) is 5.75 Å². The molecule has 2 aromatic heterocycles. The number of nitrogens with zero attached hydrogens (tertiary/aromatic N) is 3. The van der Waals surface area contributed by atoms with Gasteiger partial charge in [-0.2, -0.15) is 9.50 Å². The maximum Gasteiger partial charge on any atom is 0.291 e. The number of aromatic nitrogens is 3. The fourth-order valence-corrected chi connectivity index (χ4v) is 3.76. The fourth-order valence-electron chi connectivity index (χ4n) is 2.85. The first-order valence-electron chi connectivity index (χ1n) is 9.61. The Balaban J connectivity index is 1.63. The van der Waals surface area contributed by atoms with Crippen molar-refractivity contribution in [3.05, 3.63) is 86.4 Å². The van der Waals surface area contributed by atoms with Gasteiger partial charge in [0.2, 0.25) is 4.96 Å². The van der Waals surface area contributed by atoms with Gasteiger partial charge in [0.05, 0.1) is 11.1 Å². The average molecular weight is 404 g/mol. The molecular weight excluding hydrogens is 382 g/mol. The Morgan fingerprint density at radius 3 is 2.66 bits per heavy atom. The molecule has 0 aliphatic rings. The fraction of sp³-hybridized carbons (Fsp3) is 0.174. The molecular formula is C23H21N3O2S. The highest BCUT2D eigenvalue weighted by Gasteiger charge is 2.10. The summed E-state index contributed by atoms with van der Waals surface area (Å²) in [6.45, 7) is 2.79. The number of hydrogen-bond acceptors (Lipinski definition) is 5. The van der Waals surface area contributed by atoms with Crippen LogP contribution >= 0.6 is 11.3 Å². The van der Waals surface area contributed by atoms with Gasteiger partial charge in [-0.1, -0.05) is 79.3 Å². The first-order chi connectivity index (χ1) is 14.2. The van der Waals surface area contributed by atoms with Crippen LogP contribution in [0.15, 0.2) is 59.4 Å². The van der Waals surface area contributed by atoms with E-state index >= 15 is 0 Å². The van der Waals surface area contributed by atoms with E-state index in [1.807, 2.05) is 72.8 Å². The standard InChI is InChI=1S/C23H21N3O2S/c1-2-3-15-28-19-12-8-7-11-18(19)16-20-22(27)26-23(29-20)24-21(25-26)14-13-17-9-5-4-6-10-17/h4-14,16H,2-3,15H2,1H3/b14-13+,20-16-. The van der Waals surface area contributed by atoms with E-state index in [-0.39, 0.29) is 5.56 Å². The Labute approximate surface area is 172 Å². The zero-order valence-electron chi connectivity index (χ0n) is 16.1. The SMILES string of the molecule is CCCCOc1ccccc1/C=c1\sc2nc(/C=C/c3ccccc3)nn2c1=O. The third-order valence-electron chi connectivity index (χ3n) is 4.38. The minimum Gasteiger partial charge on any atom is -0.493 e. The van der Waals surface area contributed by atoms with E-state index < -0.39 is 0 Å². The third-order valence-corrected chi connectivity index (χ3v) is 5.34. The minimum absolute atomic E-state index is 0.166. The molecule has 2 heterocycles. The van der Waals surface area contributed by atoms with Gasteiger partial charge in [-0.3, -0.25) is 4.79 Å². The van der Waals surface area contributed by atoms with Crippen LogP contribution in [0.2, 0.25) is 0 Å². The lowest BCUT2D eigenvalue weighted by Crippen LogP contribution is -2.23. The highest BCUT2D eigenvalue weighted by molar-refractivity contribution is 7.15. The van der Waals surface area contributed by atoms with Gasteiger partial charge in [-0.25, -0.2) is 0 Å². The topological polar surface area (TPSA) is 56.5 Å². The predicted molar refractivity (Wildman–Crippen MR) is 118 cm³/mol. The van der Waals surface area contributed by atoms with Crippen molar-refractivity contribution >= 4 is 34.5 Å². The monoisotopic (exact) mass is 403 g/mol. The van der Waals surface area contributed by atoms with Crippen LogP contribution < -0.4 is 14.8 Å². The summed E-state index contributed by atoms with van der Waals surface area (Å²) in [5, 5.41) is 4.34. The van der Waals surface area contributed by atoms with E-state index in [0.717, 1.165) is 29.7 Å². The molecule has 4 rings (SSSR count). The van der Waals surface area contributed by atoms with Gasteiger partial charge >= 0.3 is 0 Å². The molecule has 4 aromatic rings. The van der Waals surface area contributed by atoms with Crippen molar-refractivity contribution < 1.29 is 4.74 Å². The third kappa shape index (κ3) is 4.43. The van der Waals surface area contributed by atoms with Crippen molar-refractivity contribution in [3.63, 3.8) is 0 Å². The molecule has 0 amide bonds. The van der Waals surface area contributed by atoms with Crippen molar-refractivity contribution in [3.8, 4) is 5.75 Å². The number of hydrogen-bond donors (Lipinski definition) is 0. The van der Waals surface area contributed by atoms with Gasteiger partial charge < -0.3 is 4.74 Å². The Kier molecular flexibility index (Phi) is 5.81. The quantitative estimate of drug-likeness (QED) is 0.437. The van der Waals surface area contributed by atoms with E-state index in [1.165, 1.54) is 15.9 Å². The maximum atomic E-state index is 12.8. The summed E-state index contributed by atoms with van der Waals surface area (Å²) >= 11 is 1.33. The second-order valence-electron chi connectivity index (χ2n) is 6.56. The Bertz CT molecular complexity index is 1240. The molecule has 0 spiro atoms. The Morgan fingerprint density at radius 1 is 1.07 bits per heavy atom. The zero-order valence-corrected chi connectivity index (χ0v) is 16.9. The van der Waals surface area contributed by atoms with Crippen molar-refractivity contribution in [2.24, 2.45) is 0 Å². The van der Waals surface area contributed by atoms with Crippen LogP contribution in [-0.2, 0) is 0 Å². The Morgan fingerprint density at radius 2 is 1.86 bits per heavy atom. The van der Waals surface area contributed by atoms with Crippen LogP contribution in [0.1, 0.15) is 36.7 Å². The lowest BCUT2D eigenvalue weighted by molar-refractivity contribution is 0.309. The molecule has 0 radical (unpaired) electrons. The molecule has 0 unspecified atom stereocenters. The normalized spacial score (nSPS) is 12.2. The molecule has 29 heavy (non-hydrogen) atoms. The van der Waals surface area contributed by atoms with Gasteiger partial charge in [0.1, 0.15) is 5.75 Å². The molecule has 0 N–H and O–H groups in total. The van der Waals surface area contributed by atoms with Crippen LogP contribution in [0.4, 0.5) is 0 Å². The number of benzene rings is 2. The molecule has 0 fully saturated rings. The van der Waals surface area contributed by atoms with Gasteiger partial charge in [0.15, 0.2) is 5.82 Å². The molecule has 0 bridgehead atoms. The Hall–Kier alpha value is -3.25. The summed E-state index contributed by atoms with van der Waals surface area (Å²) < 4.78 is 7.81. The number of unbranched alkanes of at least 4 members (excludes halogenated alkanes) is 1. The van der Waals surface area contributed by atoms with E-state index in [4.69, 9.17) is 4.74 Å². The zero-order chi connectivity index (χ0) is 20.1. The molecule has 0 aliphatic heterocycles. The smallest absolute Gasteiger partial charge is 0.291 e. The molecule has 0 saturated carbocycles. The van der Waals surface area contributed by atoms with E-state index in [2.05, 4.69) is 17.0 Å². The van der Waals surface area contributed by atoms with Gasteiger partial charge in [-0.05, 0) is 30.2 Å². The average Bonchev–Trinajstić information content (AvgIpc) is 3.27. The lowest BCUT2D eigenvalue weighted by atomic mass is 10.2. The van der Waals surface area contributed by atoms with Crippen LogP contribution in [0.25, 0.3) is 23.2 Å².